The van der Waals surface area contributed by atoms with Crippen LogP contribution in [0.2, 0.25) is 0 Å². The van der Waals surface area contributed by atoms with Crippen molar-refractivity contribution in [2.24, 2.45) is 5.73 Å². The average molecular weight is 479 g/mol. The monoisotopic (exact) mass is 478 g/mol. The van der Waals surface area contributed by atoms with Crippen LogP contribution in [-0.2, 0) is 19.1 Å². The molecule has 2 unspecified atom stereocenters. The molecule has 34 heavy (non-hydrogen) atoms. The normalized spacial score (nSPS) is 12.9. The molecular formula is C24H38N4O6. The zero-order valence-corrected chi connectivity index (χ0v) is 20.7. The van der Waals surface area contributed by atoms with Crippen LogP contribution in [0.5, 0.6) is 0 Å². The molecule has 5 N–H and O–H groups in total. The molecule has 0 radical (unpaired) electrons. The van der Waals surface area contributed by atoms with E-state index < -0.39 is 54.5 Å². The van der Waals surface area contributed by atoms with E-state index in [-0.39, 0.29) is 6.54 Å². The Bertz CT molecular complexity index is 852. The van der Waals surface area contributed by atoms with E-state index in [0.29, 0.717) is 12.1 Å². The number of hydrogen-bond donors (Lipinski definition) is 4. The lowest BCUT2D eigenvalue weighted by molar-refractivity contribution is -0.143. The van der Waals surface area contributed by atoms with Crippen molar-refractivity contribution < 1.29 is 29.0 Å². The summed E-state index contributed by atoms with van der Waals surface area (Å²) in [5.41, 5.74) is 5.90. The first-order valence-electron chi connectivity index (χ1n) is 11.4. The maximum Gasteiger partial charge on any atom is 0.408 e. The number of amides is 4. The Morgan fingerprint density at radius 2 is 1.88 bits per heavy atom. The molecular weight excluding hydrogens is 440 g/mol. The first-order valence-corrected chi connectivity index (χ1v) is 11.4. The molecule has 0 saturated carbocycles. The molecule has 0 saturated heterocycles. The smallest absolute Gasteiger partial charge is 0.408 e. The number of unbranched alkanes of at least 4 members (excludes halogenated alkanes) is 1. The average Bonchev–Trinajstić information content (AvgIpc) is 2.71. The summed E-state index contributed by atoms with van der Waals surface area (Å²) in [5.74, 6) is -2.00. The van der Waals surface area contributed by atoms with Gasteiger partial charge in [-0.3, -0.25) is 14.4 Å². The van der Waals surface area contributed by atoms with E-state index in [4.69, 9.17) is 10.5 Å². The number of nitrogens with two attached hydrogens (primary N) is 1. The van der Waals surface area contributed by atoms with Crippen LogP contribution in [0.15, 0.2) is 24.3 Å². The van der Waals surface area contributed by atoms with E-state index >= 15 is 0 Å². The number of hydrogen-bond acceptors (Lipinski definition) is 6. The SMILES string of the molecule is CCCCNC(=O)C(c1cccc(C)c1)N(CCO)C(=O)C(CC(N)=O)NC(=O)OC(C)(C)C. The van der Waals surface area contributed by atoms with Crippen molar-refractivity contribution in [1.29, 1.82) is 0 Å². The second-order valence-electron chi connectivity index (χ2n) is 9.09. The van der Waals surface area contributed by atoms with Crippen LogP contribution in [0.1, 0.15) is 64.1 Å². The van der Waals surface area contributed by atoms with Gasteiger partial charge in [-0.25, -0.2) is 4.79 Å². The summed E-state index contributed by atoms with van der Waals surface area (Å²) in [6.07, 6.45) is 0.216. The number of primary amides is 1. The lowest BCUT2D eigenvalue weighted by atomic mass is 10.00. The molecule has 0 fully saturated rings. The number of nitrogens with zero attached hydrogens (tertiary/aromatic N) is 1. The third-order valence-corrected chi connectivity index (χ3v) is 4.77. The van der Waals surface area contributed by atoms with E-state index in [1.165, 1.54) is 0 Å². The van der Waals surface area contributed by atoms with Crippen molar-refractivity contribution in [3.8, 4) is 0 Å². The lowest BCUT2D eigenvalue weighted by Gasteiger charge is -2.34. The second kappa shape index (κ2) is 13.5. The van der Waals surface area contributed by atoms with Crippen molar-refractivity contribution in [2.45, 2.75) is 71.6 Å². The Morgan fingerprint density at radius 1 is 1.21 bits per heavy atom. The number of ether oxygens (including phenoxy) is 1. The standard InChI is InChI=1S/C24H38N4O6/c1-6-7-11-26-21(31)20(17-10-8-9-16(2)14-17)28(12-13-29)22(32)18(15-19(25)30)27-23(33)34-24(3,4)5/h8-10,14,18,20,29H,6-7,11-13,15H2,1-5H3,(H2,25,30)(H,26,31)(H,27,33). The number of aryl methyl sites for hydroxylation is 1. The van der Waals surface area contributed by atoms with Gasteiger partial charge in [-0.1, -0.05) is 43.2 Å². The molecule has 10 nitrogen and oxygen atoms in total. The van der Waals surface area contributed by atoms with Crippen molar-refractivity contribution in [1.82, 2.24) is 15.5 Å². The Labute approximate surface area is 201 Å². The minimum Gasteiger partial charge on any atom is -0.444 e. The highest BCUT2D eigenvalue weighted by Crippen LogP contribution is 2.24. The highest BCUT2D eigenvalue weighted by atomic mass is 16.6. The number of aliphatic hydroxyl groups is 1. The molecule has 0 aliphatic heterocycles. The molecule has 190 valence electrons. The molecule has 2 atom stereocenters. The summed E-state index contributed by atoms with van der Waals surface area (Å²) in [6, 6.07) is 4.62. The van der Waals surface area contributed by atoms with Crippen molar-refractivity contribution in [2.75, 3.05) is 19.7 Å². The predicted octanol–water partition coefficient (Wildman–Crippen LogP) is 1.54. The van der Waals surface area contributed by atoms with E-state index in [1.807, 2.05) is 19.9 Å². The van der Waals surface area contributed by atoms with Crippen LogP contribution >= 0.6 is 0 Å². The molecule has 0 spiro atoms. The first-order chi connectivity index (χ1) is 15.9. The lowest BCUT2D eigenvalue weighted by Crippen LogP contribution is -2.54. The molecule has 0 aromatic heterocycles. The van der Waals surface area contributed by atoms with E-state index in [0.717, 1.165) is 23.3 Å². The van der Waals surface area contributed by atoms with Crippen LogP contribution < -0.4 is 16.4 Å². The first kappa shape index (κ1) is 28.9. The summed E-state index contributed by atoms with van der Waals surface area (Å²) in [7, 11) is 0. The fourth-order valence-corrected chi connectivity index (χ4v) is 3.32. The molecule has 1 rings (SSSR count). The fourth-order valence-electron chi connectivity index (χ4n) is 3.32. The number of nitrogens with one attached hydrogen (secondary N) is 2. The van der Waals surface area contributed by atoms with Gasteiger partial charge in [0.05, 0.1) is 13.0 Å². The molecule has 0 aliphatic carbocycles. The minimum absolute atomic E-state index is 0.204. The number of carbonyl (C=O) groups is 4. The maximum atomic E-state index is 13.6. The Kier molecular flexibility index (Phi) is 11.5. The largest absolute Gasteiger partial charge is 0.444 e. The van der Waals surface area contributed by atoms with Crippen LogP contribution in [0.25, 0.3) is 0 Å². The Balaban J connectivity index is 3.37. The summed E-state index contributed by atoms with van der Waals surface area (Å²) in [6.45, 7) is 8.59. The summed E-state index contributed by atoms with van der Waals surface area (Å²) in [4.78, 5) is 52.0. The van der Waals surface area contributed by atoms with Crippen LogP contribution in [0.3, 0.4) is 0 Å². The minimum atomic E-state index is -1.38. The number of aliphatic hydroxyl groups excluding tert-OH is 1. The topological polar surface area (TPSA) is 151 Å². The Hall–Kier alpha value is -3.14. The van der Waals surface area contributed by atoms with Gasteiger partial charge in [-0.2, -0.15) is 0 Å². The summed E-state index contributed by atoms with van der Waals surface area (Å²) in [5, 5.41) is 14.9. The Morgan fingerprint density at radius 3 is 2.41 bits per heavy atom. The van der Waals surface area contributed by atoms with Crippen molar-refractivity contribution in [3.63, 3.8) is 0 Å². The summed E-state index contributed by atoms with van der Waals surface area (Å²) < 4.78 is 5.21. The number of alkyl carbamates (subject to hydrolysis) is 1. The van der Waals surface area contributed by atoms with Crippen LogP contribution in [0.4, 0.5) is 4.79 Å². The number of benzene rings is 1. The molecule has 4 amide bonds. The molecule has 0 bridgehead atoms. The zero-order chi connectivity index (χ0) is 25.9. The van der Waals surface area contributed by atoms with Gasteiger partial charge in [0, 0.05) is 13.1 Å². The molecule has 0 heterocycles. The predicted molar refractivity (Wildman–Crippen MR) is 128 cm³/mol. The third-order valence-electron chi connectivity index (χ3n) is 4.77. The van der Waals surface area contributed by atoms with E-state index in [9.17, 15) is 24.3 Å². The number of rotatable bonds is 12. The van der Waals surface area contributed by atoms with Gasteiger partial charge >= 0.3 is 6.09 Å². The zero-order valence-electron chi connectivity index (χ0n) is 20.7. The summed E-state index contributed by atoms with van der Waals surface area (Å²) >= 11 is 0. The molecule has 1 aromatic carbocycles. The highest BCUT2D eigenvalue weighted by Gasteiger charge is 2.36. The van der Waals surface area contributed by atoms with Gasteiger partial charge in [0.25, 0.3) is 0 Å². The molecule has 0 aliphatic rings. The van der Waals surface area contributed by atoms with Crippen molar-refractivity contribution >= 4 is 23.8 Å². The quantitative estimate of drug-likeness (QED) is 0.335. The van der Waals surface area contributed by atoms with E-state index in [1.54, 1.807) is 39.0 Å². The van der Waals surface area contributed by atoms with Gasteiger partial charge < -0.3 is 31.1 Å². The number of carbonyl (C=O) groups excluding carboxylic acids is 4. The highest BCUT2D eigenvalue weighted by molar-refractivity contribution is 5.94. The maximum absolute atomic E-state index is 13.6. The van der Waals surface area contributed by atoms with E-state index in [2.05, 4.69) is 10.6 Å². The van der Waals surface area contributed by atoms with Gasteiger partial charge in [-0.05, 0) is 39.7 Å². The molecule has 1 aromatic rings. The van der Waals surface area contributed by atoms with Gasteiger partial charge in [-0.15, -0.1) is 0 Å². The van der Waals surface area contributed by atoms with Gasteiger partial charge in [0.2, 0.25) is 17.7 Å². The van der Waals surface area contributed by atoms with Crippen LogP contribution in [-0.4, -0.2) is 65.2 Å². The van der Waals surface area contributed by atoms with Crippen LogP contribution in [0, 0.1) is 6.92 Å². The van der Waals surface area contributed by atoms with Gasteiger partial charge in [0.15, 0.2) is 0 Å². The third kappa shape index (κ3) is 9.78. The fraction of sp³-hybridized carbons (Fsp3) is 0.583. The van der Waals surface area contributed by atoms with Gasteiger partial charge in [0.1, 0.15) is 17.7 Å². The molecule has 10 heteroatoms. The second-order valence-corrected chi connectivity index (χ2v) is 9.09. The van der Waals surface area contributed by atoms with Crippen molar-refractivity contribution in [3.05, 3.63) is 35.4 Å².